The van der Waals surface area contributed by atoms with Crippen molar-refractivity contribution in [2.45, 2.75) is 4.90 Å². The SMILES string of the molecule is O=[N+]([O-])c1cc(N2CCNCC2)ccc1[SH]1C=CC=C1. The normalized spacial score (nSPS) is 19.6. The molecule has 2 heterocycles. The van der Waals surface area contributed by atoms with Crippen LogP contribution in [0.3, 0.4) is 0 Å². The molecule has 106 valence electrons. The highest BCUT2D eigenvalue weighted by Crippen LogP contribution is 2.47. The van der Waals surface area contributed by atoms with Gasteiger partial charge in [0.15, 0.2) is 0 Å². The number of anilines is 1. The van der Waals surface area contributed by atoms with Crippen LogP contribution in [0.2, 0.25) is 0 Å². The Labute approximate surface area is 120 Å². The number of benzene rings is 1. The second kappa shape index (κ2) is 5.68. The summed E-state index contributed by atoms with van der Waals surface area (Å²) in [7, 11) is -0.657. The fraction of sp³-hybridized carbons (Fsp3) is 0.286. The number of thiol groups is 1. The predicted molar refractivity (Wildman–Crippen MR) is 83.7 cm³/mol. The van der Waals surface area contributed by atoms with Crippen molar-refractivity contribution in [2.24, 2.45) is 0 Å². The van der Waals surface area contributed by atoms with Gasteiger partial charge in [0.05, 0.1) is 9.82 Å². The molecule has 0 saturated carbocycles. The minimum atomic E-state index is -0.657. The van der Waals surface area contributed by atoms with E-state index < -0.39 is 10.9 Å². The van der Waals surface area contributed by atoms with E-state index in [1.165, 1.54) is 0 Å². The summed E-state index contributed by atoms with van der Waals surface area (Å²) >= 11 is 0. The van der Waals surface area contributed by atoms with Gasteiger partial charge in [0.1, 0.15) is 0 Å². The number of nitrogens with zero attached hydrogens (tertiary/aromatic N) is 2. The Balaban J connectivity index is 1.94. The number of nitrogens with one attached hydrogen (secondary N) is 1. The van der Waals surface area contributed by atoms with Crippen molar-refractivity contribution in [2.75, 3.05) is 31.1 Å². The van der Waals surface area contributed by atoms with E-state index in [4.69, 9.17) is 0 Å². The van der Waals surface area contributed by atoms with Crippen molar-refractivity contribution in [3.63, 3.8) is 0 Å². The zero-order valence-corrected chi connectivity index (χ0v) is 11.9. The summed E-state index contributed by atoms with van der Waals surface area (Å²) in [4.78, 5) is 14.1. The fourth-order valence-electron chi connectivity index (χ4n) is 2.49. The van der Waals surface area contributed by atoms with Crippen molar-refractivity contribution < 1.29 is 4.92 Å². The van der Waals surface area contributed by atoms with Gasteiger partial charge in [-0.2, -0.15) is 10.9 Å². The van der Waals surface area contributed by atoms with Crippen molar-refractivity contribution in [1.82, 2.24) is 5.32 Å². The summed E-state index contributed by atoms with van der Waals surface area (Å²) in [5.41, 5.74) is 1.19. The molecule has 0 atom stereocenters. The molecular formula is C14H17N3O2S. The van der Waals surface area contributed by atoms with Crippen LogP contribution in [0.5, 0.6) is 0 Å². The van der Waals surface area contributed by atoms with Crippen LogP contribution < -0.4 is 10.2 Å². The molecule has 6 heteroatoms. The second-order valence-electron chi connectivity index (χ2n) is 4.76. The zero-order chi connectivity index (χ0) is 13.9. The van der Waals surface area contributed by atoms with Crippen LogP contribution >= 0.6 is 10.9 Å². The highest BCUT2D eigenvalue weighted by molar-refractivity contribution is 8.22. The molecule has 0 amide bonds. The third-order valence-electron chi connectivity index (χ3n) is 3.52. The van der Waals surface area contributed by atoms with Gasteiger partial charge >= 0.3 is 0 Å². The molecule has 0 bridgehead atoms. The molecule has 1 fully saturated rings. The van der Waals surface area contributed by atoms with E-state index in [0.717, 1.165) is 36.8 Å². The molecule has 5 nitrogen and oxygen atoms in total. The van der Waals surface area contributed by atoms with Gasteiger partial charge in [-0.1, -0.05) is 12.2 Å². The van der Waals surface area contributed by atoms with E-state index in [0.29, 0.717) is 0 Å². The molecule has 0 aliphatic carbocycles. The third kappa shape index (κ3) is 2.57. The van der Waals surface area contributed by atoms with Gasteiger partial charge < -0.3 is 10.2 Å². The van der Waals surface area contributed by atoms with E-state index in [1.54, 1.807) is 6.07 Å². The molecule has 2 aliphatic rings. The molecule has 1 aromatic rings. The minimum absolute atomic E-state index is 0.239. The number of rotatable bonds is 3. The summed E-state index contributed by atoms with van der Waals surface area (Å²) in [6.45, 7) is 3.64. The maximum Gasteiger partial charge on any atom is 0.283 e. The Hall–Kier alpha value is -1.79. The molecular weight excluding hydrogens is 274 g/mol. The number of nitro benzene ring substituents is 1. The second-order valence-corrected chi connectivity index (χ2v) is 6.65. The standard InChI is InChI=1S/C14H17N3O2S/c18-17(19)13-11-12(16-7-5-15-6-8-16)3-4-14(13)20-9-1-2-10-20/h1-4,9-11,15,20H,5-8H2. The van der Waals surface area contributed by atoms with E-state index >= 15 is 0 Å². The fourth-order valence-corrected chi connectivity index (χ4v) is 4.14. The van der Waals surface area contributed by atoms with Gasteiger partial charge in [0, 0.05) is 37.9 Å². The highest BCUT2D eigenvalue weighted by Gasteiger charge is 2.21. The smallest absolute Gasteiger partial charge is 0.283 e. The van der Waals surface area contributed by atoms with E-state index in [2.05, 4.69) is 10.2 Å². The third-order valence-corrected chi connectivity index (χ3v) is 5.44. The molecule has 0 aromatic heterocycles. The number of allylic oxidation sites excluding steroid dienone is 2. The molecule has 1 saturated heterocycles. The largest absolute Gasteiger partial charge is 0.369 e. The van der Waals surface area contributed by atoms with Crippen LogP contribution in [-0.4, -0.2) is 31.1 Å². The van der Waals surface area contributed by atoms with Crippen LogP contribution in [0.25, 0.3) is 0 Å². The maximum atomic E-state index is 11.4. The van der Waals surface area contributed by atoms with Crippen LogP contribution in [-0.2, 0) is 0 Å². The lowest BCUT2D eigenvalue weighted by atomic mass is 10.2. The van der Waals surface area contributed by atoms with Crippen LogP contribution in [0.4, 0.5) is 11.4 Å². The lowest BCUT2D eigenvalue weighted by molar-refractivity contribution is -0.387. The van der Waals surface area contributed by atoms with Crippen LogP contribution in [0.15, 0.2) is 46.1 Å². The molecule has 0 radical (unpaired) electrons. The average molecular weight is 291 g/mol. The lowest BCUT2D eigenvalue weighted by Gasteiger charge is -2.29. The molecule has 0 unspecified atom stereocenters. The first-order chi connectivity index (χ1) is 9.75. The number of piperazine rings is 1. The van der Waals surface area contributed by atoms with Gasteiger partial charge in [-0.15, -0.1) is 0 Å². The Morgan fingerprint density at radius 1 is 1.20 bits per heavy atom. The maximum absolute atomic E-state index is 11.4. The summed E-state index contributed by atoms with van der Waals surface area (Å²) in [6, 6.07) is 5.65. The Morgan fingerprint density at radius 3 is 2.55 bits per heavy atom. The number of nitro groups is 1. The first-order valence-corrected chi connectivity index (χ1v) is 8.11. The van der Waals surface area contributed by atoms with E-state index in [-0.39, 0.29) is 10.6 Å². The summed E-state index contributed by atoms with van der Waals surface area (Å²) < 4.78 is 0. The molecule has 1 N–H and O–H groups in total. The van der Waals surface area contributed by atoms with Crippen molar-refractivity contribution in [3.05, 3.63) is 51.3 Å². The first-order valence-electron chi connectivity index (χ1n) is 6.63. The van der Waals surface area contributed by atoms with Crippen molar-refractivity contribution in [3.8, 4) is 0 Å². The van der Waals surface area contributed by atoms with Crippen LogP contribution in [0.1, 0.15) is 0 Å². The van der Waals surface area contributed by atoms with Gasteiger partial charge in [0.2, 0.25) is 0 Å². The van der Waals surface area contributed by atoms with E-state index in [9.17, 15) is 10.1 Å². The predicted octanol–water partition coefficient (Wildman–Crippen LogP) is 2.41. The Morgan fingerprint density at radius 2 is 1.90 bits per heavy atom. The average Bonchev–Trinajstić information content (AvgIpc) is 3.01. The van der Waals surface area contributed by atoms with Crippen molar-refractivity contribution >= 4 is 22.3 Å². The highest BCUT2D eigenvalue weighted by atomic mass is 32.2. The lowest BCUT2D eigenvalue weighted by Crippen LogP contribution is -2.43. The van der Waals surface area contributed by atoms with Gasteiger partial charge in [-0.05, 0) is 22.9 Å². The van der Waals surface area contributed by atoms with Gasteiger partial charge in [0.25, 0.3) is 5.69 Å². The molecule has 2 aliphatic heterocycles. The quantitative estimate of drug-likeness (QED) is 0.510. The van der Waals surface area contributed by atoms with Crippen molar-refractivity contribution in [1.29, 1.82) is 0 Å². The van der Waals surface area contributed by atoms with Gasteiger partial charge in [-0.25, -0.2) is 0 Å². The molecule has 0 spiro atoms. The zero-order valence-electron chi connectivity index (χ0n) is 11.0. The summed E-state index contributed by atoms with van der Waals surface area (Å²) in [5.74, 6) is 0. The Kier molecular flexibility index (Phi) is 3.75. The first kappa shape index (κ1) is 13.2. The summed E-state index contributed by atoms with van der Waals surface area (Å²) in [6.07, 6.45) is 3.92. The topological polar surface area (TPSA) is 58.4 Å². The summed E-state index contributed by atoms with van der Waals surface area (Å²) in [5, 5.41) is 18.7. The van der Waals surface area contributed by atoms with E-state index in [1.807, 2.05) is 35.1 Å². The molecule has 3 rings (SSSR count). The monoisotopic (exact) mass is 291 g/mol. The molecule has 20 heavy (non-hydrogen) atoms. The van der Waals surface area contributed by atoms with Gasteiger partial charge in [-0.3, -0.25) is 10.1 Å². The Bertz CT molecular complexity index is 568. The number of hydrogen-bond donors (Lipinski definition) is 2. The molecule has 1 aromatic carbocycles. The van der Waals surface area contributed by atoms with Crippen LogP contribution in [0, 0.1) is 10.1 Å². The minimum Gasteiger partial charge on any atom is -0.369 e. The number of hydrogen-bond acceptors (Lipinski definition) is 4.